The molecule has 0 aromatic heterocycles. The van der Waals surface area contributed by atoms with Crippen molar-refractivity contribution < 1.29 is 9.53 Å². The van der Waals surface area contributed by atoms with E-state index in [1.54, 1.807) is 0 Å². The molecule has 0 aliphatic carbocycles. The number of esters is 1. The van der Waals surface area contributed by atoms with Crippen LogP contribution in [0.1, 0.15) is 12.5 Å². The first-order chi connectivity index (χ1) is 8.19. The lowest BCUT2D eigenvalue weighted by molar-refractivity contribution is -0.137. The van der Waals surface area contributed by atoms with Crippen LogP contribution in [0.4, 0.5) is 0 Å². The first-order valence-electron chi connectivity index (χ1n) is 5.36. The predicted octanol–water partition coefficient (Wildman–Crippen LogP) is 2.71. The second-order valence-corrected chi connectivity index (χ2v) is 4.77. The van der Waals surface area contributed by atoms with Crippen LogP contribution < -0.4 is 5.32 Å². The van der Waals surface area contributed by atoms with Crippen molar-refractivity contribution in [3.05, 3.63) is 28.8 Å². The van der Waals surface area contributed by atoms with Crippen LogP contribution in [0.3, 0.4) is 0 Å². The van der Waals surface area contributed by atoms with E-state index >= 15 is 0 Å². The van der Waals surface area contributed by atoms with Crippen LogP contribution in [0.5, 0.6) is 0 Å². The summed E-state index contributed by atoms with van der Waals surface area (Å²) in [6.45, 7) is 3.69. The van der Waals surface area contributed by atoms with Crippen LogP contribution >= 0.6 is 23.4 Å². The molecule has 0 aliphatic heterocycles. The van der Waals surface area contributed by atoms with Crippen molar-refractivity contribution >= 4 is 29.3 Å². The fourth-order valence-electron chi connectivity index (χ4n) is 1.30. The van der Waals surface area contributed by atoms with Crippen LogP contribution in [0.15, 0.2) is 23.1 Å². The van der Waals surface area contributed by atoms with Gasteiger partial charge in [0.05, 0.1) is 17.9 Å². The number of ether oxygens (including phenoxy) is 1. The lowest BCUT2D eigenvalue weighted by Gasteiger charge is -2.10. The molecule has 0 saturated heterocycles. The van der Waals surface area contributed by atoms with Crippen molar-refractivity contribution in [1.29, 1.82) is 0 Å². The molecule has 1 aromatic rings. The van der Waals surface area contributed by atoms with Gasteiger partial charge in [0.1, 0.15) is 0 Å². The summed E-state index contributed by atoms with van der Waals surface area (Å²) in [5, 5.41) is 3.92. The van der Waals surface area contributed by atoms with Crippen LogP contribution in [-0.4, -0.2) is 25.4 Å². The fraction of sp³-hybridized carbons (Fsp3) is 0.417. The van der Waals surface area contributed by atoms with E-state index in [-0.39, 0.29) is 11.7 Å². The Kier molecular flexibility index (Phi) is 6.40. The fourth-order valence-corrected chi connectivity index (χ4v) is 2.57. The van der Waals surface area contributed by atoms with Crippen LogP contribution in [-0.2, 0) is 16.1 Å². The van der Waals surface area contributed by atoms with Gasteiger partial charge in [0.15, 0.2) is 0 Å². The monoisotopic (exact) mass is 273 g/mol. The van der Waals surface area contributed by atoms with Crippen molar-refractivity contribution in [1.82, 2.24) is 5.32 Å². The third-order valence-corrected chi connectivity index (χ3v) is 3.75. The van der Waals surface area contributed by atoms with Gasteiger partial charge in [-0.2, -0.15) is 0 Å². The number of benzene rings is 1. The molecule has 0 radical (unpaired) electrons. The standard InChI is InChI=1S/C12H16ClNO2S/c1-3-14-7-9-5-4-6-10(13)12(9)17-8-11(15)16-2/h4-6,14H,3,7-8H2,1-2H3. The molecular formula is C12H16ClNO2S. The highest BCUT2D eigenvalue weighted by Crippen LogP contribution is 2.30. The summed E-state index contributed by atoms with van der Waals surface area (Å²) >= 11 is 7.54. The molecule has 5 heteroatoms. The molecule has 94 valence electrons. The third kappa shape index (κ3) is 4.58. The minimum atomic E-state index is -0.246. The third-order valence-electron chi connectivity index (χ3n) is 2.18. The molecule has 0 spiro atoms. The molecule has 0 unspecified atom stereocenters. The Morgan fingerprint density at radius 2 is 2.29 bits per heavy atom. The molecule has 0 amide bonds. The summed E-state index contributed by atoms with van der Waals surface area (Å²) in [6.07, 6.45) is 0. The Morgan fingerprint density at radius 3 is 2.94 bits per heavy atom. The van der Waals surface area contributed by atoms with Crippen LogP contribution in [0, 0.1) is 0 Å². The second-order valence-electron chi connectivity index (χ2n) is 3.37. The molecule has 0 fully saturated rings. The van der Waals surface area contributed by atoms with Crippen molar-refractivity contribution in [3.63, 3.8) is 0 Å². The molecule has 3 nitrogen and oxygen atoms in total. The quantitative estimate of drug-likeness (QED) is 0.639. The summed E-state index contributed by atoms with van der Waals surface area (Å²) in [5.41, 5.74) is 1.10. The Hall–Kier alpha value is -0.710. The molecule has 0 atom stereocenters. The van der Waals surface area contributed by atoms with Crippen molar-refractivity contribution in [2.45, 2.75) is 18.4 Å². The Labute approximate surface area is 111 Å². The number of hydrogen-bond donors (Lipinski definition) is 1. The second kappa shape index (κ2) is 7.58. The van der Waals surface area contributed by atoms with Crippen LogP contribution in [0.25, 0.3) is 0 Å². The van der Waals surface area contributed by atoms with Crippen molar-refractivity contribution in [3.8, 4) is 0 Å². The van der Waals surface area contributed by atoms with Crippen molar-refractivity contribution in [2.24, 2.45) is 0 Å². The van der Waals surface area contributed by atoms with Crippen molar-refractivity contribution in [2.75, 3.05) is 19.4 Å². The number of carbonyl (C=O) groups excluding carboxylic acids is 1. The number of thioether (sulfide) groups is 1. The summed E-state index contributed by atoms with van der Waals surface area (Å²) in [4.78, 5) is 12.1. The molecule has 1 rings (SSSR count). The van der Waals surface area contributed by atoms with Gasteiger partial charge >= 0.3 is 5.97 Å². The zero-order valence-corrected chi connectivity index (χ0v) is 11.5. The maximum Gasteiger partial charge on any atom is 0.315 e. The van der Waals surface area contributed by atoms with Gasteiger partial charge in [-0.15, -0.1) is 11.8 Å². The van der Waals surface area contributed by atoms with Crippen LogP contribution in [0.2, 0.25) is 5.02 Å². The van der Waals surface area contributed by atoms with Gasteiger partial charge in [-0.25, -0.2) is 0 Å². The van der Waals surface area contributed by atoms with Gasteiger partial charge in [-0.1, -0.05) is 30.7 Å². The SMILES string of the molecule is CCNCc1cccc(Cl)c1SCC(=O)OC. The van der Waals surface area contributed by atoms with E-state index in [4.69, 9.17) is 11.6 Å². The largest absolute Gasteiger partial charge is 0.468 e. The van der Waals surface area contributed by atoms with Gasteiger partial charge in [-0.05, 0) is 18.2 Å². The molecule has 17 heavy (non-hydrogen) atoms. The van der Waals surface area contributed by atoms with E-state index in [2.05, 4.69) is 10.1 Å². The molecular weight excluding hydrogens is 258 g/mol. The first-order valence-corrected chi connectivity index (χ1v) is 6.73. The van der Waals surface area contributed by atoms with Gasteiger partial charge < -0.3 is 10.1 Å². The van der Waals surface area contributed by atoms with E-state index in [1.165, 1.54) is 18.9 Å². The highest BCUT2D eigenvalue weighted by molar-refractivity contribution is 8.00. The smallest absolute Gasteiger partial charge is 0.315 e. The zero-order chi connectivity index (χ0) is 12.7. The average Bonchev–Trinajstić information content (AvgIpc) is 2.34. The zero-order valence-electron chi connectivity index (χ0n) is 9.96. The number of nitrogens with one attached hydrogen (secondary N) is 1. The number of halogens is 1. The minimum Gasteiger partial charge on any atom is -0.468 e. The molecule has 1 aromatic carbocycles. The normalized spacial score (nSPS) is 10.3. The maximum atomic E-state index is 11.1. The van der Waals surface area contributed by atoms with E-state index in [9.17, 15) is 4.79 Å². The maximum absolute atomic E-state index is 11.1. The van der Waals surface area contributed by atoms with Gasteiger partial charge in [0, 0.05) is 11.4 Å². The number of hydrogen-bond acceptors (Lipinski definition) is 4. The van der Waals surface area contributed by atoms with Gasteiger partial charge in [-0.3, -0.25) is 4.79 Å². The highest BCUT2D eigenvalue weighted by atomic mass is 35.5. The van der Waals surface area contributed by atoms with Gasteiger partial charge in [0.25, 0.3) is 0 Å². The minimum absolute atomic E-state index is 0.246. The summed E-state index contributed by atoms with van der Waals surface area (Å²) < 4.78 is 4.61. The highest BCUT2D eigenvalue weighted by Gasteiger charge is 2.10. The molecule has 0 bridgehead atoms. The topological polar surface area (TPSA) is 38.3 Å². The molecule has 0 saturated carbocycles. The molecule has 0 aliphatic rings. The van der Waals surface area contributed by atoms with E-state index in [1.807, 2.05) is 25.1 Å². The predicted molar refractivity (Wildman–Crippen MR) is 71.6 cm³/mol. The summed E-state index contributed by atoms with van der Waals surface area (Å²) in [7, 11) is 1.38. The lowest BCUT2D eigenvalue weighted by Crippen LogP contribution is -2.13. The Balaban J connectivity index is 2.76. The van der Waals surface area contributed by atoms with E-state index < -0.39 is 0 Å². The number of rotatable bonds is 6. The number of methoxy groups -OCH3 is 1. The summed E-state index contributed by atoms with van der Waals surface area (Å²) in [6, 6.07) is 5.75. The average molecular weight is 274 g/mol. The molecule has 0 heterocycles. The number of carbonyl (C=O) groups is 1. The Bertz CT molecular complexity index is 385. The van der Waals surface area contributed by atoms with E-state index in [0.29, 0.717) is 5.02 Å². The Morgan fingerprint density at radius 1 is 1.53 bits per heavy atom. The lowest BCUT2D eigenvalue weighted by atomic mass is 10.2. The van der Waals surface area contributed by atoms with E-state index in [0.717, 1.165) is 23.5 Å². The first kappa shape index (κ1) is 14.4. The molecule has 1 N–H and O–H groups in total. The van der Waals surface area contributed by atoms with Gasteiger partial charge in [0.2, 0.25) is 0 Å². The summed E-state index contributed by atoms with van der Waals surface area (Å²) in [5.74, 6) is 0.0311.